The zero-order valence-corrected chi connectivity index (χ0v) is 19.7. The molecule has 2 unspecified atom stereocenters. The van der Waals surface area contributed by atoms with E-state index in [4.69, 9.17) is 0 Å². The first-order chi connectivity index (χ1) is 14.5. The number of likely N-dealkylation sites (N-methyl/N-ethyl adjacent to an activating group) is 1. The van der Waals surface area contributed by atoms with E-state index in [2.05, 4.69) is 26.1 Å². The van der Waals surface area contributed by atoms with Crippen molar-refractivity contribution in [2.75, 3.05) is 20.1 Å². The number of nitrogens with one attached hydrogen (secondary N) is 1. The zero-order valence-electron chi connectivity index (χ0n) is 19.7. The van der Waals surface area contributed by atoms with Crippen LogP contribution in [0.3, 0.4) is 0 Å². The van der Waals surface area contributed by atoms with Crippen molar-refractivity contribution in [3.8, 4) is 0 Å². The first-order valence-electron chi connectivity index (χ1n) is 12.4. The molecule has 0 aromatic rings. The van der Waals surface area contributed by atoms with E-state index in [1.54, 1.807) is 0 Å². The van der Waals surface area contributed by atoms with Gasteiger partial charge in [-0.15, -0.1) is 0 Å². The van der Waals surface area contributed by atoms with E-state index >= 15 is 0 Å². The minimum absolute atomic E-state index is 0.00404. The van der Waals surface area contributed by atoms with Crippen molar-refractivity contribution >= 4 is 17.8 Å². The Kier molecular flexibility index (Phi) is 4.77. The van der Waals surface area contributed by atoms with Gasteiger partial charge in [0.1, 0.15) is 12.1 Å². The summed E-state index contributed by atoms with van der Waals surface area (Å²) in [6, 6.07) is -0.397. The average Bonchev–Trinajstić information content (AvgIpc) is 2.81. The summed E-state index contributed by atoms with van der Waals surface area (Å²) in [5, 5.41) is 2.99. The summed E-state index contributed by atoms with van der Waals surface area (Å²) >= 11 is 0. The molecular weight excluding hydrogens is 390 g/mol. The highest BCUT2D eigenvalue weighted by Gasteiger charge is 2.57. The van der Waals surface area contributed by atoms with Gasteiger partial charge >= 0.3 is 6.03 Å². The van der Waals surface area contributed by atoms with Crippen molar-refractivity contribution in [3.63, 3.8) is 0 Å². The van der Waals surface area contributed by atoms with Crippen LogP contribution in [0.2, 0.25) is 0 Å². The molecule has 1 spiro atoms. The Hall–Kier alpha value is -1.59. The molecule has 6 nitrogen and oxygen atoms in total. The van der Waals surface area contributed by atoms with Crippen LogP contribution in [-0.4, -0.2) is 53.3 Å². The molecular formula is C25H39N3O3. The Labute approximate surface area is 186 Å². The van der Waals surface area contributed by atoms with Crippen LogP contribution in [0.5, 0.6) is 0 Å². The Bertz CT molecular complexity index is 771. The highest BCUT2D eigenvalue weighted by Crippen LogP contribution is 2.60. The monoisotopic (exact) mass is 429 g/mol. The third kappa shape index (κ3) is 3.68. The molecule has 1 heterocycles. The molecule has 5 saturated carbocycles. The molecule has 4 amide bonds. The van der Waals surface area contributed by atoms with Gasteiger partial charge in [0.25, 0.3) is 5.91 Å². The topological polar surface area (TPSA) is 69.7 Å². The average molecular weight is 430 g/mol. The van der Waals surface area contributed by atoms with Gasteiger partial charge in [-0.25, -0.2) is 4.79 Å². The van der Waals surface area contributed by atoms with Crippen LogP contribution in [0.25, 0.3) is 0 Å². The van der Waals surface area contributed by atoms with Gasteiger partial charge < -0.3 is 10.2 Å². The number of carbonyl (C=O) groups excluding carboxylic acids is 3. The lowest BCUT2D eigenvalue weighted by Gasteiger charge is -2.57. The van der Waals surface area contributed by atoms with E-state index < -0.39 is 11.6 Å². The van der Waals surface area contributed by atoms with Crippen LogP contribution in [0.1, 0.15) is 78.6 Å². The number of hydrogen-bond acceptors (Lipinski definition) is 3. The van der Waals surface area contributed by atoms with Crippen molar-refractivity contribution in [2.45, 2.75) is 84.1 Å². The summed E-state index contributed by atoms with van der Waals surface area (Å²) in [7, 11) is 1.86. The van der Waals surface area contributed by atoms with Crippen molar-refractivity contribution in [3.05, 3.63) is 0 Å². The second-order valence-electron chi connectivity index (χ2n) is 12.9. The molecule has 6 fully saturated rings. The summed E-state index contributed by atoms with van der Waals surface area (Å²) in [6.07, 6.45) is 10.2. The standard InChI is InChI=1S/C25H39N3O3/c1-16-8-23(2,3)14-25(9-16)21(30)28(22(31)26-25)13-20(29)27(4)15-24-10-17-5-18(11-24)7-19(6-17)12-24/h16-19H,5-15H2,1-4H3,(H,26,31). The molecule has 6 rings (SSSR count). The van der Waals surface area contributed by atoms with E-state index in [0.29, 0.717) is 18.8 Å². The summed E-state index contributed by atoms with van der Waals surface area (Å²) in [5.41, 5.74) is -0.576. The van der Waals surface area contributed by atoms with Crippen LogP contribution in [0.4, 0.5) is 4.79 Å². The lowest BCUT2D eigenvalue weighted by molar-refractivity contribution is -0.142. The molecule has 1 N–H and O–H groups in total. The van der Waals surface area contributed by atoms with E-state index in [1.807, 2.05) is 11.9 Å². The lowest BCUT2D eigenvalue weighted by Crippen LogP contribution is -2.55. The fraction of sp³-hybridized carbons (Fsp3) is 0.880. The van der Waals surface area contributed by atoms with Crippen molar-refractivity contribution < 1.29 is 14.4 Å². The van der Waals surface area contributed by atoms with Gasteiger partial charge in [-0.1, -0.05) is 20.8 Å². The van der Waals surface area contributed by atoms with Crippen LogP contribution >= 0.6 is 0 Å². The Morgan fingerprint density at radius 2 is 1.61 bits per heavy atom. The van der Waals surface area contributed by atoms with Crippen LogP contribution in [-0.2, 0) is 9.59 Å². The highest BCUT2D eigenvalue weighted by molar-refractivity contribution is 6.09. The fourth-order valence-electron chi connectivity index (χ4n) is 8.98. The lowest BCUT2D eigenvalue weighted by atomic mass is 9.49. The quantitative estimate of drug-likeness (QED) is 0.691. The van der Waals surface area contributed by atoms with Crippen molar-refractivity contribution in [1.29, 1.82) is 0 Å². The molecule has 1 aliphatic heterocycles. The second-order valence-corrected chi connectivity index (χ2v) is 12.9. The predicted octanol–water partition coefficient (Wildman–Crippen LogP) is 3.80. The third-order valence-electron chi connectivity index (χ3n) is 9.08. The van der Waals surface area contributed by atoms with Gasteiger partial charge in [0, 0.05) is 13.6 Å². The summed E-state index contributed by atoms with van der Waals surface area (Å²) in [6.45, 7) is 7.11. The molecule has 6 heteroatoms. The number of carbonyl (C=O) groups is 3. The smallest absolute Gasteiger partial charge is 0.325 e. The Morgan fingerprint density at radius 3 is 2.16 bits per heavy atom. The SMILES string of the molecule is CC1CC(C)(C)CC2(C1)NC(=O)N(CC(=O)N(C)CC13CC4CC(CC(C4)C1)C3)C2=O. The van der Waals surface area contributed by atoms with Gasteiger partial charge in [0.15, 0.2) is 0 Å². The number of hydrogen-bond donors (Lipinski definition) is 1. The van der Waals surface area contributed by atoms with E-state index in [0.717, 1.165) is 30.7 Å². The normalized spacial score (nSPS) is 42.9. The molecule has 0 aromatic carbocycles. The number of nitrogens with zero attached hydrogens (tertiary/aromatic N) is 2. The molecule has 172 valence electrons. The first kappa shape index (κ1) is 21.3. The van der Waals surface area contributed by atoms with E-state index in [9.17, 15) is 14.4 Å². The number of imide groups is 1. The van der Waals surface area contributed by atoms with Gasteiger partial charge in [-0.05, 0) is 92.3 Å². The molecule has 4 bridgehead atoms. The fourth-order valence-corrected chi connectivity index (χ4v) is 8.98. The van der Waals surface area contributed by atoms with E-state index in [1.165, 1.54) is 43.4 Å². The zero-order chi connectivity index (χ0) is 22.2. The van der Waals surface area contributed by atoms with Crippen molar-refractivity contribution in [2.24, 2.45) is 34.5 Å². The van der Waals surface area contributed by atoms with Crippen LogP contribution in [0, 0.1) is 34.5 Å². The van der Waals surface area contributed by atoms with Gasteiger partial charge in [0.2, 0.25) is 5.91 Å². The van der Waals surface area contributed by atoms with Gasteiger partial charge in [-0.2, -0.15) is 0 Å². The number of urea groups is 1. The van der Waals surface area contributed by atoms with Crippen molar-refractivity contribution in [1.82, 2.24) is 15.1 Å². The molecule has 31 heavy (non-hydrogen) atoms. The summed E-state index contributed by atoms with van der Waals surface area (Å²) in [5.74, 6) is 2.59. The van der Waals surface area contributed by atoms with Gasteiger partial charge in [0.05, 0.1) is 0 Å². The largest absolute Gasteiger partial charge is 0.344 e. The maximum atomic E-state index is 13.4. The number of amides is 4. The molecule has 0 aromatic heterocycles. The maximum absolute atomic E-state index is 13.4. The predicted molar refractivity (Wildman–Crippen MR) is 118 cm³/mol. The van der Waals surface area contributed by atoms with Gasteiger partial charge in [-0.3, -0.25) is 14.5 Å². The van der Waals surface area contributed by atoms with Crippen LogP contribution < -0.4 is 5.32 Å². The number of rotatable bonds is 4. The minimum atomic E-state index is -0.836. The minimum Gasteiger partial charge on any atom is -0.344 e. The summed E-state index contributed by atoms with van der Waals surface area (Å²) in [4.78, 5) is 42.3. The molecule has 6 aliphatic rings. The Morgan fingerprint density at radius 1 is 1.03 bits per heavy atom. The molecule has 1 saturated heterocycles. The highest BCUT2D eigenvalue weighted by atomic mass is 16.2. The Balaban J connectivity index is 1.25. The summed E-state index contributed by atoms with van der Waals surface area (Å²) < 4.78 is 0. The van der Waals surface area contributed by atoms with Crippen LogP contribution in [0.15, 0.2) is 0 Å². The molecule has 5 aliphatic carbocycles. The maximum Gasteiger partial charge on any atom is 0.325 e. The second kappa shape index (κ2) is 6.95. The molecule has 0 radical (unpaired) electrons. The third-order valence-corrected chi connectivity index (χ3v) is 9.08. The van der Waals surface area contributed by atoms with E-state index in [-0.39, 0.29) is 29.2 Å². The first-order valence-corrected chi connectivity index (χ1v) is 12.4. The molecule has 2 atom stereocenters.